The van der Waals surface area contributed by atoms with Crippen LogP contribution in [0.3, 0.4) is 0 Å². The molecule has 1 heterocycles. The molecule has 0 spiro atoms. The monoisotopic (exact) mass is 225 g/mol. The van der Waals surface area contributed by atoms with Crippen molar-refractivity contribution in [1.29, 1.82) is 0 Å². The Morgan fingerprint density at radius 3 is 3.07 bits per heavy atom. The number of aromatic nitrogens is 1. The van der Waals surface area contributed by atoms with Gasteiger partial charge in [-0.15, -0.1) is 11.3 Å². The highest BCUT2D eigenvalue weighted by Gasteiger charge is 2.21. The van der Waals surface area contributed by atoms with Gasteiger partial charge in [-0.05, 0) is 19.8 Å². The van der Waals surface area contributed by atoms with Crippen molar-refractivity contribution in [2.75, 3.05) is 0 Å². The van der Waals surface area contributed by atoms with E-state index in [1.807, 2.05) is 13.1 Å². The average Bonchev–Trinajstić information content (AvgIpc) is 2.95. The Labute approximate surface area is 92.8 Å². The van der Waals surface area contributed by atoms with Crippen LogP contribution in [0.4, 0.5) is 0 Å². The van der Waals surface area contributed by atoms with Crippen molar-refractivity contribution < 1.29 is 0 Å². The minimum atomic E-state index is 0.558. The molecule has 0 unspecified atom stereocenters. The van der Waals surface area contributed by atoms with Gasteiger partial charge in [0.2, 0.25) is 5.96 Å². The lowest BCUT2D eigenvalue weighted by Crippen LogP contribution is -2.42. The Morgan fingerprint density at radius 1 is 1.73 bits per heavy atom. The van der Waals surface area contributed by atoms with Gasteiger partial charge >= 0.3 is 0 Å². The highest BCUT2D eigenvalue weighted by atomic mass is 32.1. The molecule has 0 atom stereocenters. The van der Waals surface area contributed by atoms with Crippen LogP contribution < -0.4 is 16.6 Å². The van der Waals surface area contributed by atoms with Crippen molar-refractivity contribution in [3.8, 4) is 0 Å². The molecule has 1 saturated carbocycles. The number of nitrogens with one attached hydrogen (secondary N) is 2. The van der Waals surface area contributed by atoms with Gasteiger partial charge in [-0.3, -0.25) is 5.43 Å². The molecule has 1 aliphatic carbocycles. The van der Waals surface area contributed by atoms with Gasteiger partial charge in [-0.2, -0.15) is 0 Å². The predicted octanol–water partition coefficient (Wildman–Crippen LogP) is 0.523. The summed E-state index contributed by atoms with van der Waals surface area (Å²) in [5, 5.41) is 4.28. The number of rotatable bonds is 3. The molecule has 5 nitrogen and oxygen atoms in total. The molecule has 1 aliphatic rings. The molecule has 6 heteroatoms. The van der Waals surface area contributed by atoms with Gasteiger partial charge in [0.15, 0.2) is 0 Å². The van der Waals surface area contributed by atoms with Crippen molar-refractivity contribution >= 4 is 17.3 Å². The maximum absolute atomic E-state index is 5.36. The summed E-state index contributed by atoms with van der Waals surface area (Å²) in [4.78, 5) is 9.67. The lowest BCUT2D eigenvalue weighted by atomic mass is 10.5. The van der Waals surface area contributed by atoms with Crippen molar-refractivity contribution in [1.82, 2.24) is 15.7 Å². The summed E-state index contributed by atoms with van der Waals surface area (Å²) in [6.07, 6.45) is 4.27. The van der Waals surface area contributed by atoms with Gasteiger partial charge in [0.25, 0.3) is 0 Å². The van der Waals surface area contributed by atoms with E-state index in [1.165, 1.54) is 12.8 Å². The summed E-state index contributed by atoms with van der Waals surface area (Å²) in [5.41, 5.74) is 2.57. The van der Waals surface area contributed by atoms with Crippen LogP contribution in [0.2, 0.25) is 0 Å². The van der Waals surface area contributed by atoms with Gasteiger partial charge in [-0.1, -0.05) is 0 Å². The zero-order valence-electron chi connectivity index (χ0n) is 8.66. The molecule has 1 aromatic rings. The van der Waals surface area contributed by atoms with E-state index in [0.717, 1.165) is 9.88 Å². The van der Waals surface area contributed by atoms with Crippen LogP contribution in [-0.2, 0) is 6.54 Å². The average molecular weight is 225 g/mol. The SMILES string of the molecule is Cc1ncc(CN=C(NN)NC2CC2)s1. The molecule has 0 saturated heterocycles. The molecular weight excluding hydrogens is 210 g/mol. The molecular formula is C9H15N5S. The third kappa shape index (κ3) is 3.17. The first-order chi connectivity index (χ1) is 7.28. The number of nitrogens with two attached hydrogens (primary N) is 1. The fraction of sp³-hybridized carbons (Fsp3) is 0.556. The van der Waals surface area contributed by atoms with E-state index >= 15 is 0 Å². The van der Waals surface area contributed by atoms with Crippen LogP contribution in [0.15, 0.2) is 11.2 Å². The Balaban J connectivity index is 1.89. The normalized spacial score (nSPS) is 16.5. The fourth-order valence-corrected chi connectivity index (χ4v) is 1.91. The molecule has 0 amide bonds. The quantitative estimate of drug-likeness (QED) is 0.303. The van der Waals surface area contributed by atoms with Crippen LogP contribution >= 0.6 is 11.3 Å². The maximum Gasteiger partial charge on any atom is 0.206 e. The Hall–Kier alpha value is -1.14. The first kappa shape index (κ1) is 10.4. The summed E-state index contributed by atoms with van der Waals surface area (Å²) in [6, 6.07) is 0.558. The van der Waals surface area contributed by atoms with Crippen LogP contribution in [0.1, 0.15) is 22.7 Å². The third-order valence-corrected chi connectivity index (χ3v) is 3.01. The number of aryl methyl sites for hydroxylation is 1. The van der Waals surface area contributed by atoms with Crippen molar-refractivity contribution in [2.24, 2.45) is 10.8 Å². The van der Waals surface area contributed by atoms with E-state index in [2.05, 4.69) is 20.7 Å². The number of thiazole rings is 1. The van der Waals surface area contributed by atoms with Crippen LogP contribution in [0, 0.1) is 6.92 Å². The minimum Gasteiger partial charge on any atom is -0.353 e. The van der Waals surface area contributed by atoms with Crippen molar-refractivity contribution in [3.63, 3.8) is 0 Å². The molecule has 2 rings (SSSR count). The minimum absolute atomic E-state index is 0.558. The van der Waals surface area contributed by atoms with E-state index < -0.39 is 0 Å². The zero-order chi connectivity index (χ0) is 10.7. The second kappa shape index (κ2) is 4.59. The van der Waals surface area contributed by atoms with E-state index in [-0.39, 0.29) is 0 Å². The van der Waals surface area contributed by atoms with Gasteiger partial charge < -0.3 is 5.32 Å². The second-order valence-electron chi connectivity index (χ2n) is 3.57. The lowest BCUT2D eigenvalue weighted by molar-refractivity contribution is 0.822. The highest BCUT2D eigenvalue weighted by molar-refractivity contribution is 7.11. The lowest BCUT2D eigenvalue weighted by Gasteiger charge is -2.06. The fourth-order valence-electron chi connectivity index (χ4n) is 1.19. The van der Waals surface area contributed by atoms with Crippen LogP contribution in [0.5, 0.6) is 0 Å². The van der Waals surface area contributed by atoms with Crippen LogP contribution in [-0.4, -0.2) is 17.0 Å². The van der Waals surface area contributed by atoms with Gasteiger partial charge in [0.05, 0.1) is 11.6 Å². The number of guanidine groups is 1. The number of hydrogen-bond donors (Lipinski definition) is 3. The standard InChI is InChI=1S/C9H15N5S/c1-6-11-4-8(15-6)5-12-9(14-10)13-7-2-3-7/h4,7H,2-3,5,10H2,1H3,(H2,12,13,14). The molecule has 1 aromatic heterocycles. The molecule has 0 radical (unpaired) electrons. The first-order valence-electron chi connectivity index (χ1n) is 4.97. The molecule has 82 valence electrons. The van der Waals surface area contributed by atoms with Gasteiger partial charge in [-0.25, -0.2) is 15.8 Å². The second-order valence-corrected chi connectivity index (χ2v) is 4.89. The molecule has 4 N–H and O–H groups in total. The number of nitrogens with zero attached hydrogens (tertiary/aromatic N) is 2. The third-order valence-electron chi connectivity index (χ3n) is 2.12. The summed E-state index contributed by atoms with van der Waals surface area (Å²) >= 11 is 1.66. The Morgan fingerprint density at radius 2 is 2.53 bits per heavy atom. The number of hydrogen-bond acceptors (Lipinski definition) is 4. The van der Waals surface area contributed by atoms with E-state index in [1.54, 1.807) is 11.3 Å². The summed E-state index contributed by atoms with van der Waals surface area (Å²) in [5.74, 6) is 6.03. The summed E-state index contributed by atoms with van der Waals surface area (Å²) in [6.45, 7) is 2.62. The molecule has 0 bridgehead atoms. The van der Waals surface area contributed by atoms with E-state index in [0.29, 0.717) is 18.5 Å². The highest BCUT2D eigenvalue weighted by Crippen LogP contribution is 2.18. The molecule has 1 fully saturated rings. The summed E-state index contributed by atoms with van der Waals surface area (Å²) in [7, 11) is 0. The Kier molecular flexibility index (Phi) is 3.17. The number of aliphatic imine (C=N–C) groups is 1. The van der Waals surface area contributed by atoms with Crippen molar-refractivity contribution in [3.05, 3.63) is 16.1 Å². The van der Waals surface area contributed by atoms with E-state index in [9.17, 15) is 0 Å². The predicted molar refractivity (Wildman–Crippen MR) is 61.5 cm³/mol. The van der Waals surface area contributed by atoms with E-state index in [4.69, 9.17) is 5.84 Å². The molecule has 0 aromatic carbocycles. The molecule has 0 aliphatic heterocycles. The van der Waals surface area contributed by atoms with Gasteiger partial charge in [0.1, 0.15) is 0 Å². The first-order valence-corrected chi connectivity index (χ1v) is 5.78. The smallest absolute Gasteiger partial charge is 0.206 e. The van der Waals surface area contributed by atoms with Crippen LogP contribution in [0.25, 0.3) is 0 Å². The zero-order valence-corrected chi connectivity index (χ0v) is 9.47. The topological polar surface area (TPSA) is 75.3 Å². The largest absolute Gasteiger partial charge is 0.353 e. The van der Waals surface area contributed by atoms with Gasteiger partial charge in [0, 0.05) is 17.1 Å². The van der Waals surface area contributed by atoms with Crippen molar-refractivity contribution in [2.45, 2.75) is 32.4 Å². The molecule has 15 heavy (non-hydrogen) atoms. The maximum atomic E-state index is 5.36. The number of hydrazine groups is 1. The summed E-state index contributed by atoms with van der Waals surface area (Å²) < 4.78 is 0. The Bertz CT molecular complexity index is 355.